The Morgan fingerprint density at radius 1 is 0.984 bits per heavy atom. The van der Waals surface area contributed by atoms with Gasteiger partial charge in [-0.15, -0.1) is 4.68 Å². The zero-order valence-corrected chi connectivity index (χ0v) is 34.7. The molecule has 0 bridgehead atoms. The molecule has 1 aliphatic carbocycles. The molecule has 64 heavy (non-hydrogen) atoms. The third-order valence-electron chi connectivity index (χ3n) is 11.4. The first kappa shape index (κ1) is 43.4. The van der Waals surface area contributed by atoms with Crippen molar-refractivity contribution in [1.29, 1.82) is 5.26 Å². The number of fused-ring (bicyclic) bond motifs is 3. The Labute approximate surface area is 362 Å². The van der Waals surface area contributed by atoms with Crippen LogP contribution in [-0.2, 0) is 31.2 Å². The van der Waals surface area contributed by atoms with Crippen molar-refractivity contribution in [1.82, 2.24) is 29.9 Å². The fourth-order valence-corrected chi connectivity index (χ4v) is 8.12. The van der Waals surface area contributed by atoms with Gasteiger partial charge in [0.1, 0.15) is 19.3 Å². The number of amides is 2. The summed E-state index contributed by atoms with van der Waals surface area (Å²) < 4.78 is 83.9. The topological polar surface area (TPSA) is 171 Å². The third-order valence-corrected chi connectivity index (χ3v) is 11.4. The van der Waals surface area contributed by atoms with E-state index in [1.54, 1.807) is 65.2 Å². The molecular weight excluding hydrogens is 842 g/mol. The van der Waals surface area contributed by atoms with E-state index in [2.05, 4.69) is 26.6 Å². The summed E-state index contributed by atoms with van der Waals surface area (Å²) in [7, 11) is 0. The number of aromatic nitrogens is 5. The van der Waals surface area contributed by atoms with Gasteiger partial charge in [0.2, 0.25) is 12.3 Å². The smallest absolute Gasteiger partial charge is 0.414 e. The molecule has 1 fully saturated rings. The summed E-state index contributed by atoms with van der Waals surface area (Å²) >= 11 is 0. The quantitative estimate of drug-likeness (QED) is 0.0706. The van der Waals surface area contributed by atoms with Crippen LogP contribution < -0.4 is 10.00 Å². The molecule has 3 aromatic heterocycles. The number of aliphatic imine (C=N–C) groups is 1. The predicted molar refractivity (Wildman–Crippen MR) is 218 cm³/mol. The highest BCUT2D eigenvalue weighted by Crippen LogP contribution is 2.60. The SMILES string of the molecule is CC(C)(C)C[C@]1(c2ccc3c(ccc4c(C#N)cnn43)c2)N=C(NC(=O)OCc2ccccc2)N([C@H](COC(=O)CC2(C(F)(F)F)CC2)c2cccc(-[n+]3[nH]cnc3C(F)F)c2)C1=O. The molecule has 19 heteroatoms. The molecule has 2 N–H and O–H groups in total. The van der Waals surface area contributed by atoms with Gasteiger partial charge in [-0.3, -0.25) is 19.8 Å². The van der Waals surface area contributed by atoms with Crippen LogP contribution in [0.15, 0.2) is 102 Å². The summed E-state index contributed by atoms with van der Waals surface area (Å²) in [5, 5.41) is 19.9. The third kappa shape index (κ3) is 8.34. The highest BCUT2D eigenvalue weighted by Gasteiger charge is 2.64. The average Bonchev–Trinajstić information content (AvgIpc) is 3.56. The van der Waals surface area contributed by atoms with Crippen LogP contribution >= 0.6 is 0 Å². The first-order chi connectivity index (χ1) is 30.4. The molecule has 6 aromatic rings. The number of rotatable bonds is 12. The standard InChI is InChI=1S/C45H40F5N9O5/c1-42(2,3)25-44(31-13-15-33-29(18-31)12-14-34-30(21-51)22-53-59(33)34)39(61)57(40(56-44)55-41(62)64-23-27-8-5-4-6-9-27)35(24-63-36(60)20-43(16-17-43)45(48,49)50)28-10-7-11-32(19-28)58-38(37(46)47)52-26-54-58/h4-15,18-19,22,26,35,37H,16-17,20,23-25H2,1-3H3,(H,55,56,62)/p+1/t35-,44-/m1/s1. The van der Waals surface area contributed by atoms with Gasteiger partial charge in [0, 0.05) is 5.39 Å². The van der Waals surface area contributed by atoms with Crippen molar-refractivity contribution < 1.29 is 50.5 Å². The first-order valence-corrected chi connectivity index (χ1v) is 20.2. The van der Waals surface area contributed by atoms with Crippen LogP contribution in [0.25, 0.3) is 22.1 Å². The van der Waals surface area contributed by atoms with Gasteiger partial charge in [-0.25, -0.2) is 14.3 Å². The molecule has 2 atom stereocenters. The molecule has 1 aliphatic heterocycles. The number of benzene rings is 3. The molecule has 330 valence electrons. The lowest BCUT2D eigenvalue weighted by Gasteiger charge is -2.35. The van der Waals surface area contributed by atoms with Gasteiger partial charge in [-0.2, -0.15) is 37.4 Å². The number of carbonyl (C=O) groups excluding carboxylic acids is 3. The van der Waals surface area contributed by atoms with E-state index in [0.29, 0.717) is 33.1 Å². The van der Waals surface area contributed by atoms with Gasteiger partial charge in [0.15, 0.2) is 11.2 Å². The minimum Gasteiger partial charge on any atom is -0.463 e. The number of halogens is 5. The molecule has 3 aromatic carbocycles. The number of hydrogen-bond donors (Lipinski definition) is 2. The maximum atomic E-state index is 15.7. The van der Waals surface area contributed by atoms with Crippen molar-refractivity contribution in [2.75, 3.05) is 6.61 Å². The van der Waals surface area contributed by atoms with E-state index < -0.39 is 71.8 Å². The van der Waals surface area contributed by atoms with Gasteiger partial charge in [0.25, 0.3) is 5.91 Å². The number of pyridine rings is 1. The van der Waals surface area contributed by atoms with Gasteiger partial charge in [0.05, 0.1) is 40.7 Å². The van der Waals surface area contributed by atoms with Gasteiger partial charge < -0.3 is 9.47 Å². The lowest BCUT2D eigenvalue weighted by atomic mass is 9.75. The number of alkyl carbamates (subject to hydrolysis) is 1. The molecule has 2 amide bonds. The van der Waals surface area contributed by atoms with E-state index in [0.717, 1.165) is 15.9 Å². The molecule has 14 nitrogen and oxygen atoms in total. The maximum absolute atomic E-state index is 15.7. The van der Waals surface area contributed by atoms with Crippen LogP contribution in [0.3, 0.4) is 0 Å². The maximum Gasteiger partial charge on any atom is 0.414 e. The average molecular weight is 883 g/mol. The second kappa shape index (κ2) is 16.5. The molecule has 0 unspecified atom stereocenters. The number of nitrogens with one attached hydrogen (secondary N) is 2. The zero-order valence-electron chi connectivity index (χ0n) is 34.7. The highest BCUT2D eigenvalue weighted by molar-refractivity contribution is 6.12. The monoisotopic (exact) mass is 882 g/mol. The van der Waals surface area contributed by atoms with Gasteiger partial charge in [-0.1, -0.05) is 75.4 Å². The Balaban J connectivity index is 1.26. The molecule has 1 saturated carbocycles. The summed E-state index contributed by atoms with van der Waals surface area (Å²) in [6.07, 6.45) is -7.61. The Hall–Kier alpha value is -7.23. The van der Waals surface area contributed by atoms with Crippen molar-refractivity contribution in [2.45, 2.75) is 77.2 Å². The summed E-state index contributed by atoms with van der Waals surface area (Å²) in [4.78, 5) is 52.6. The molecular formula is C45H41F5N9O5+. The van der Waals surface area contributed by atoms with Crippen molar-refractivity contribution in [2.24, 2.45) is 15.8 Å². The van der Waals surface area contributed by atoms with E-state index in [1.807, 2.05) is 20.8 Å². The Morgan fingerprint density at radius 2 is 1.73 bits per heavy atom. The number of ether oxygens (including phenoxy) is 2. The lowest BCUT2D eigenvalue weighted by Crippen LogP contribution is -2.50. The normalized spacial score (nSPS) is 17.7. The molecule has 0 radical (unpaired) electrons. The van der Waals surface area contributed by atoms with Crippen LogP contribution in [0.1, 0.15) is 87.0 Å². The predicted octanol–water partition coefficient (Wildman–Crippen LogP) is 8.07. The van der Waals surface area contributed by atoms with Crippen LogP contribution in [0.5, 0.6) is 0 Å². The number of guanidine groups is 1. The second-order valence-electron chi connectivity index (χ2n) is 17.1. The van der Waals surface area contributed by atoms with Crippen molar-refractivity contribution in [3.05, 3.63) is 126 Å². The summed E-state index contributed by atoms with van der Waals surface area (Å²) in [6.45, 7) is 4.76. The lowest BCUT2D eigenvalue weighted by molar-refractivity contribution is -0.669. The first-order valence-electron chi connectivity index (χ1n) is 20.2. The minimum absolute atomic E-state index is 0.0378. The summed E-state index contributed by atoms with van der Waals surface area (Å²) in [5.41, 5.74) is -1.84. The van der Waals surface area contributed by atoms with Gasteiger partial charge in [-0.05, 0) is 76.7 Å². The van der Waals surface area contributed by atoms with Crippen molar-refractivity contribution in [3.63, 3.8) is 0 Å². The number of carbonyl (C=O) groups is 3. The number of alkyl halides is 5. The molecule has 4 heterocycles. The molecule has 2 aliphatic rings. The number of nitrogens with zero attached hydrogens (tertiary/aromatic N) is 7. The fraction of sp³-hybridized carbons (Fsp3) is 0.333. The zero-order chi connectivity index (χ0) is 45.6. The van der Waals surface area contributed by atoms with Crippen LogP contribution in [0.2, 0.25) is 0 Å². The summed E-state index contributed by atoms with van der Waals surface area (Å²) in [6, 6.07) is 24.0. The largest absolute Gasteiger partial charge is 0.463 e. The van der Waals surface area contributed by atoms with Crippen LogP contribution in [-0.4, -0.2) is 61.3 Å². The molecule has 8 rings (SSSR count). The number of nitriles is 1. The van der Waals surface area contributed by atoms with Gasteiger partial charge >= 0.3 is 30.5 Å². The minimum atomic E-state index is -4.66. The Kier molecular flexibility index (Phi) is 11.2. The van der Waals surface area contributed by atoms with Crippen molar-refractivity contribution >= 4 is 40.3 Å². The molecule has 0 saturated heterocycles. The Bertz CT molecular complexity index is 2840. The van der Waals surface area contributed by atoms with E-state index in [4.69, 9.17) is 14.5 Å². The van der Waals surface area contributed by atoms with E-state index in [1.165, 1.54) is 30.5 Å². The van der Waals surface area contributed by atoms with Crippen LogP contribution in [0, 0.1) is 22.2 Å². The van der Waals surface area contributed by atoms with E-state index in [-0.39, 0.29) is 43.1 Å². The number of aromatic amines is 1. The van der Waals surface area contributed by atoms with Crippen LogP contribution in [0.4, 0.5) is 26.7 Å². The number of hydrogen-bond acceptors (Lipinski definition) is 9. The summed E-state index contributed by atoms with van der Waals surface area (Å²) in [5.74, 6) is -2.87. The van der Waals surface area contributed by atoms with E-state index >= 15 is 4.79 Å². The number of H-pyrrole nitrogens is 1. The molecule has 0 spiro atoms. The highest BCUT2D eigenvalue weighted by atomic mass is 19.4. The second-order valence-corrected chi connectivity index (χ2v) is 17.1. The van der Waals surface area contributed by atoms with E-state index in [9.17, 15) is 36.8 Å². The Morgan fingerprint density at radius 3 is 2.42 bits per heavy atom. The van der Waals surface area contributed by atoms with Crippen molar-refractivity contribution in [3.8, 4) is 11.8 Å². The fourth-order valence-electron chi connectivity index (χ4n) is 8.12. The number of esters is 1.